The molecule has 1 aliphatic rings. The normalized spacial score (nSPS) is 15.0. The van der Waals surface area contributed by atoms with Gasteiger partial charge in [0.25, 0.3) is 5.91 Å². The van der Waals surface area contributed by atoms with E-state index >= 15 is 0 Å². The van der Waals surface area contributed by atoms with Gasteiger partial charge in [-0.25, -0.2) is 9.78 Å². The molecule has 0 spiro atoms. The summed E-state index contributed by atoms with van der Waals surface area (Å²) in [6, 6.07) is 11.6. The molecule has 1 fully saturated rings. The summed E-state index contributed by atoms with van der Waals surface area (Å²) in [6.07, 6.45) is 5.62. The number of aryl methyl sites for hydroxylation is 2. The Hall–Kier alpha value is -2.69. The summed E-state index contributed by atoms with van der Waals surface area (Å²) in [6.45, 7) is 3.59. The van der Waals surface area contributed by atoms with Gasteiger partial charge in [0.05, 0.1) is 5.56 Å². The minimum Gasteiger partial charge on any atom is -0.477 e. The molecule has 0 aliphatic carbocycles. The summed E-state index contributed by atoms with van der Waals surface area (Å²) in [7, 11) is 0. The van der Waals surface area contributed by atoms with Crippen LogP contribution in [0.1, 0.15) is 51.2 Å². The van der Waals surface area contributed by atoms with Crippen molar-refractivity contribution in [2.45, 2.75) is 32.6 Å². The molecule has 1 N–H and O–H groups in total. The fourth-order valence-electron chi connectivity index (χ4n) is 3.38. The van der Waals surface area contributed by atoms with Crippen molar-refractivity contribution in [2.24, 2.45) is 5.92 Å². The number of hydrogen-bond acceptors (Lipinski definition) is 3. The van der Waals surface area contributed by atoms with E-state index in [1.807, 2.05) is 4.90 Å². The predicted octanol–water partition coefficient (Wildman–Crippen LogP) is 3.57. The monoisotopic (exact) mass is 352 g/mol. The first-order valence-corrected chi connectivity index (χ1v) is 9.07. The third-order valence-electron chi connectivity index (χ3n) is 5.09. The first-order chi connectivity index (χ1) is 12.5. The number of carboxylic acid groups (broad SMARTS) is 1. The van der Waals surface area contributed by atoms with Crippen LogP contribution in [0, 0.1) is 12.8 Å². The zero-order valence-corrected chi connectivity index (χ0v) is 15.0. The minimum absolute atomic E-state index is 0.0450. The van der Waals surface area contributed by atoms with Gasteiger partial charge in [0.15, 0.2) is 0 Å². The van der Waals surface area contributed by atoms with Crippen LogP contribution in [0.3, 0.4) is 0 Å². The van der Waals surface area contributed by atoms with E-state index in [0.717, 1.165) is 38.8 Å². The van der Waals surface area contributed by atoms with Crippen molar-refractivity contribution in [1.82, 2.24) is 9.88 Å². The maximum atomic E-state index is 12.5. The highest BCUT2D eigenvalue weighted by atomic mass is 16.4. The Morgan fingerprint density at radius 2 is 1.81 bits per heavy atom. The van der Waals surface area contributed by atoms with E-state index in [1.165, 1.54) is 23.4 Å². The van der Waals surface area contributed by atoms with Gasteiger partial charge in [-0.15, -0.1) is 0 Å². The number of carbonyl (C=O) groups is 2. The number of aromatic carboxylic acids is 1. The lowest BCUT2D eigenvalue weighted by Gasteiger charge is -2.32. The smallest absolute Gasteiger partial charge is 0.354 e. The summed E-state index contributed by atoms with van der Waals surface area (Å²) in [5.41, 5.74) is 3.06. The molecule has 5 nitrogen and oxygen atoms in total. The van der Waals surface area contributed by atoms with Gasteiger partial charge in [-0.1, -0.05) is 29.8 Å². The van der Waals surface area contributed by atoms with E-state index in [1.54, 1.807) is 6.07 Å². The molecule has 0 saturated carbocycles. The molecular formula is C21H24N2O3. The number of piperidine rings is 1. The lowest BCUT2D eigenvalue weighted by molar-refractivity contribution is 0.0673. The number of hydrogen-bond donors (Lipinski definition) is 1. The van der Waals surface area contributed by atoms with E-state index in [0.29, 0.717) is 11.5 Å². The van der Waals surface area contributed by atoms with Crippen LogP contribution < -0.4 is 0 Å². The Morgan fingerprint density at radius 3 is 2.38 bits per heavy atom. The summed E-state index contributed by atoms with van der Waals surface area (Å²) in [5.74, 6) is -0.502. The number of carbonyl (C=O) groups excluding carboxylic acids is 1. The van der Waals surface area contributed by atoms with Crippen LogP contribution in [-0.4, -0.2) is 40.0 Å². The number of benzene rings is 1. The van der Waals surface area contributed by atoms with Crippen molar-refractivity contribution in [2.75, 3.05) is 13.1 Å². The highest BCUT2D eigenvalue weighted by Crippen LogP contribution is 2.23. The summed E-state index contributed by atoms with van der Waals surface area (Å²) >= 11 is 0. The number of pyridine rings is 1. The van der Waals surface area contributed by atoms with Crippen LogP contribution in [0.2, 0.25) is 0 Å². The fourth-order valence-corrected chi connectivity index (χ4v) is 3.38. The van der Waals surface area contributed by atoms with Crippen LogP contribution in [0.5, 0.6) is 0 Å². The molecule has 1 amide bonds. The van der Waals surface area contributed by atoms with Crippen molar-refractivity contribution >= 4 is 11.9 Å². The van der Waals surface area contributed by atoms with Crippen LogP contribution in [0.25, 0.3) is 0 Å². The first-order valence-electron chi connectivity index (χ1n) is 9.07. The van der Waals surface area contributed by atoms with Crippen LogP contribution in [-0.2, 0) is 6.42 Å². The second-order valence-electron chi connectivity index (χ2n) is 7.00. The third kappa shape index (κ3) is 4.48. The Kier molecular flexibility index (Phi) is 5.66. The van der Waals surface area contributed by atoms with Gasteiger partial charge >= 0.3 is 5.97 Å². The summed E-state index contributed by atoms with van der Waals surface area (Å²) < 4.78 is 0. The second-order valence-corrected chi connectivity index (χ2v) is 7.00. The molecule has 1 aromatic heterocycles. The third-order valence-corrected chi connectivity index (χ3v) is 5.09. The number of likely N-dealkylation sites (tertiary alicyclic amines) is 1. The highest BCUT2D eigenvalue weighted by molar-refractivity contribution is 5.94. The summed E-state index contributed by atoms with van der Waals surface area (Å²) in [4.78, 5) is 29.1. The van der Waals surface area contributed by atoms with Crippen LogP contribution >= 0.6 is 0 Å². The minimum atomic E-state index is -1.08. The number of rotatable bonds is 5. The standard InChI is InChI=1S/C21H24N2O3/c1-15-2-4-16(5-3-15)6-7-17-10-12-23(13-11-17)20(24)18-8-9-19(21(25)26)22-14-18/h2-5,8-9,14,17H,6-7,10-13H2,1H3,(H,25,26). The molecule has 1 saturated heterocycles. The molecule has 2 aromatic rings. The van der Waals surface area contributed by atoms with Crippen molar-refractivity contribution in [3.05, 3.63) is 65.0 Å². The lowest BCUT2D eigenvalue weighted by Crippen LogP contribution is -2.38. The predicted molar refractivity (Wildman–Crippen MR) is 99.3 cm³/mol. The average Bonchev–Trinajstić information content (AvgIpc) is 2.67. The lowest BCUT2D eigenvalue weighted by atomic mass is 9.90. The Morgan fingerprint density at radius 1 is 1.12 bits per heavy atom. The Labute approximate surface area is 153 Å². The number of amides is 1. The number of carboxylic acids is 1. The SMILES string of the molecule is Cc1ccc(CCC2CCN(C(=O)c3ccc(C(=O)O)nc3)CC2)cc1. The molecule has 0 radical (unpaired) electrons. The molecule has 3 rings (SSSR count). The molecular weight excluding hydrogens is 328 g/mol. The van der Waals surface area contributed by atoms with Crippen molar-refractivity contribution in [3.63, 3.8) is 0 Å². The Balaban J connectivity index is 1.49. The van der Waals surface area contributed by atoms with Crippen LogP contribution in [0.4, 0.5) is 0 Å². The molecule has 5 heteroatoms. The van der Waals surface area contributed by atoms with Gasteiger partial charge in [-0.2, -0.15) is 0 Å². The van der Waals surface area contributed by atoms with Crippen molar-refractivity contribution in [1.29, 1.82) is 0 Å². The number of aromatic nitrogens is 1. The summed E-state index contributed by atoms with van der Waals surface area (Å²) in [5, 5.41) is 8.88. The maximum absolute atomic E-state index is 12.5. The van der Waals surface area contributed by atoms with E-state index in [-0.39, 0.29) is 11.6 Å². The second kappa shape index (κ2) is 8.13. The molecule has 1 aliphatic heterocycles. The van der Waals surface area contributed by atoms with Gasteiger partial charge in [0.1, 0.15) is 5.69 Å². The zero-order chi connectivity index (χ0) is 18.5. The topological polar surface area (TPSA) is 70.5 Å². The molecule has 2 heterocycles. The molecule has 26 heavy (non-hydrogen) atoms. The van der Waals surface area contributed by atoms with Crippen molar-refractivity contribution in [3.8, 4) is 0 Å². The van der Waals surface area contributed by atoms with Gasteiger partial charge in [-0.3, -0.25) is 4.79 Å². The number of nitrogens with zero attached hydrogens (tertiary/aromatic N) is 2. The van der Waals surface area contributed by atoms with E-state index in [9.17, 15) is 9.59 Å². The largest absolute Gasteiger partial charge is 0.477 e. The van der Waals surface area contributed by atoms with E-state index in [4.69, 9.17) is 5.11 Å². The highest BCUT2D eigenvalue weighted by Gasteiger charge is 2.23. The van der Waals surface area contributed by atoms with Crippen molar-refractivity contribution < 1.29 is 14.7 Å². The van der Waals surface area contributed by atoms with Crippen LogP contribution in [0.15, 0.2) is 42.6 Å². The van der Waals surface area contributed by atoms with Gasteiger partial charge < -0.3 is 10.0 Å². The van der Waals surface area contributed by atoms with Gasteiger partial charge in [0, 0.05) is 19.3 Å². The van der Waals surface area contributed by atoms with Gasteiger partial charge in [0.2, 0.25) is 0 Å². The average molecular weight is 352 g/mol. The molecule has 1 aromatic carbocycles. The first kappa shape index (κ1) is 18.1. The van der Waals surface area contributed by atoms with E-state index < -0.39 is 5.97 Å². The quantitative estimate of drug-likeness (QED) is 0.893. The Bertz CT molecular complexity index is 761. The fraction of sp³-hybridized carbons (Fsp3) is 0.381. The zero-order valence-electron chi connectivity index (χ0n) is 15.0. The van der Waals surface area contributed by atoms with E-state index in [2.05, 4.69) is 36.2 Å². The molecule has 0 atom stereocenters. The molecule has 0 bridgehead atoms. The maximum Gasteiger partial charge on any atom is 0.354 e. The molecule has 136 valence electrons. The van der Waals surface area contributed by atoms with Gasteiger partial charge in [-0.05, 0) is 56.2 Å². The molecule has 0 unspecified atom stereocenters.